The summed E-state index contributed by atoms with van der Waals surface area (Å²) in [4.78, 5) is 25.9. The number of nitrogens with zero attached hydrogens (tertiary/aromatic N) is 1. The largest absolute Gasteiger partial charge is 0.482 e. The van der Waals surface area contributed by atoms with Crippen molar-refractivity contribution < 1.29 is 24.2 Å². The molecule has 1 N–H and O–H groups in total. The lowest BCUT2D eigenvalue weighted by Gasteiger charge is -2.36. The summed E-state index contributed by atoms with van der Waals surface area (Å²) in [6.07, 6.45) is -0.419. The average molecular weight is 353 g/mol. The van der Waals surface area contributed by atoms with Gasteiger partial charge in [-0.05, 0) is 48.7 Å². The highest BCUT2D eigenvalue weighted by Crippen LogP contribution is 2.34. The molecular weight excluding hydrogens is 334 g/mol. The number of amides is 1. The molecule has 0 radical (unpaired) electrons. The number of carboxylic acid groups (broad SMARTS) is 1. The topological polar surface area (TPSA) is 76.1 Å². The van der Waals surface area contributed by atoms with Gasteiger partial charge in [0.25, 0.3) is 5.91 Å². The van der Waals surface area contributed by atoms with Crippen molar-refractivity contribution in [2.75, 3.05) is 6.54 Å². The molecule has 2 aliphatic rings. The minimum atomic E-state index is -0.967. The molecule has 1 amide bonds. The van der Waals surface area contributed by atoms with Gasteiger partial charge in [-0.15, -0.1) is 0 Å². The van der Waals surface area contributed by atoms with Crippen LogP contribution < -0.4 is 9.47 Å². The zero-order valence-corrected chi connectivity index (χ0v) is 14.3. The number of hydrogen-bond donors (Lipinski definition) is 1. The second-order valence-corrected chi connectivity index (χ2v) is 6.61. The number of carbonyl (C=O) groups excluding carboxylic acids is 1. The third-order valence-corrected chi connectivity index (χ3v) is 4.86. The Morgan fingerprint density at radius 2 is 1.81 bits per heavy atom. The smallest absolute Gasteiger partial charge is 0.335 e. The van der Waals surface area contributed by atoms with E-state index in [0.717, 1.165) is 11.1 Å². The first-order chi connectivity index (χ1) is 12.5. The molecule has 0 bridgehead atoms. The normalized spacial score (nSPS) is 21.0. The Kier molecular flexibility index (Phi) is 4.03. The molecule has 0 aliphatic carbocycles. The predicted octanol–water partition coefficient (Wildman–Crippen LogP) is 2.50. The molecule has 6 nitrogen and oxygen atoms in total. The van der Waals surface area contributed by atoms with Gasteiger partial charge in [-0.1, -0.05) is 18.2 Å². The van der Waals surface area contributed by atoms with Gasteiger partial charge >= 0.3 is 5.97 Å². The van der Waals surface area contributed by atoms with E-state index in [-0.39, 0.29) is 11.5 Å². The van der Waals surface area contributed by atoms with Crippen LogP contribution in [0.4, 0.5) is 0 Å². The van der Waals surface area contributed by atoms with E-state index in [1.54, 1.807) is 23.1 Å². The summed E-state index contributed by atoms with van der Waals surface area (Å²) in [5, 5.41) is 9.18. The van der Waals surface area contributed by atoms with Crippen LogP contribution in [-0.2, 0) is 17.8 Å². The molecule has 2 aromatic carbocycles. The SMILES string of the molecule is CC1Oc2ccccc2OC1C(=O)N1CCc2ccc(C(=O)O)cc2C1. The highest BCUT2D eigenvalue weighted by molar-refractivity contribution is 5.88. The maximum Gasteiger partial charge on any atom is 0.335 e. The van der Waals surface area contributed by atoms with Crippen LogP contribution in [0, 0.1) is 0 Å². The molecule has 0 saturated carbocycles. The van der Waals surface area contributed by atoms with Crippen molar-refractivity contribution in [3.8, 4) is 11.5 Å². The Bertz CT molecular complexity index is 878. The number of hydrogen-bond acceptors (Lipinski definition) is 4. The summed E-state index contributed by atoms with van der Waals surface area (Å²) in [6.45, 7) is 2.77. The summed E-state index contributed by atoms with van der Waals surface area (Å²) in [7, 11) is 0. The first-order valence-electron chi connectivity index (χ1n) is 8.59. The Morgan fingerprint density at radius 1 is 1.08 bits per heavy atom. The Hall–Kier alpha value is -3.02. The fraction of sp³-hybridized carbons (Fsp3) is 0.300. The number of ether oxygens (including phenoxy) is 2. The molecule has 0 fully saturated rings. The Morgan fingerprint density at radius 3 is 2.54 bits per heavy atom. The van der Waals surface area contributed by atoms with Crippen molar-refractivity contribution in [3.63, 3.8) is 0 Å². The molecule has 2 aromatic rings. The number of para-hydroxylation sites is 2. The van der Waals surface area contributed by atoms with Gasteiger partial charge in [0.15, 0.2) is 11.5 Å². The minimum absolute atomic E-state index is 0.140. The molecule has 6 heteroatoms. The van der Waals surface area contributed by atoms with E-state index < -0.39 is 18.2 Å². The van der Waals surface area contributed by atoms with E-state index in [1.165, 1.54) is 0 Å². The maximum absolute atomic E-state index is 13.0. The minimum Gasteiger partial charge on any atom is -0.482 e. The molecule has 0 spiro atoms. The van der Waals surface area contributed by atoms with Crippen LogP contribution in [0.2, 0.25) is 0 Å². The van der Waals surface area contributed by atoms with Crippen LogP contribution in [0.3, 0.4) is 0 Å². The predicted molar refractivity (Wildman–Crippen MR) is 93.5 cm³/mol. The lowest BCUT2D eigenvalue weighted by atomic mass is 9.96. The van der Waals surface area contributed by atoms with E-state index in [2.05, 4.69) is 0 Å². The second kappa shape index (κ2) is 6.37. The van der Waals surface area contributed by atoms with Crippen LogP contribution >= 0.6 is 0 Å². The van der Waals surface area contributed by atoms with Crippen molar-refractivity contribution >= 4 is 11.9 Å². The highest BCUT2D eigenvalue weighted by atomic mass is 16.6. The van der Waals surface area contributed by atoms with Gasteiger partial charge in [0.05, 0.1) is 5.56 Å². The summed E-state index contributed by atoms with van der Waals surface area (Å²) in [5.74, 6) is 0.0949. The van der Waals surface area contributed by atoms with E-state index in [1.807, 2.05) is 31.2 Å². The van der Waals surface area contributed by atoms with Crippen LogP contribution in [0.25, 0.3) is 0 Å². The third-order valence-electron chi connectivity index (χ3n) is 4.86. The second-order valence-electron chi connectivity index (χ2n) is 6.61. The zero-order valence-electron chi connectivity index (χ0n) is 14.3. The molecule has 26 heavy (non-hydrogen) atoms. The lowest BCUT2D eigenvalue weighted by Crippen LogP contribution is -2.51. The molecule has 0 saturated heterocycles. The number of carboxylic acids is 1. The van der Waals surface area contributed by atoms with Crippen molar-refractivity contribution in [3.05, 3.63) is 59.2 Å². The Balaban J connectivity index is 1.54. The highest BCUT2D eigenvalue weighted by Gasteiger charge is 2.37. The number of benzene rings is 2. The molecule has 134 valence electrons. The molecule has 0 aromatic heterocycles. The van der Waals surface area contributed by atoms with E-state index in [9.17, 15) is 14.7 Å². The monoisotopic (exact) mass is 353 g/mol. The third kappa shape index (κ3) is 2.87. The molecule has 2 unspecified atom stereocenters. The van der Waals surface area contributed by atoms with Gasteiger partial charge in [-0.3, -0.25) is 4.79 Å². The van der Waals surface area contributed by atoms with Crippen molar-refractivity contribution in [2.24, 2.45) is 0 Å². The van der Waals surface area contributed by atoms with Crippen molar-refractivity contribution in [1.29, 1.82) is 0 Å². The first kappa shape index (κ1) is 16.4. The van der Waals surface area contributed by atoms with Gasteiger partial charge in [0.1, 0.15) is 6.10 Å². The van der Waals surface area contributed by atoms with Crippen LogP contribution in [-0.4, -0.2) is 40.6 Å². The maximum atomic E-state index is 13.0. The summed E-state index contributed by atoms with van der Waals surface area (Å²) >= 11 is 0. The van der Waals surface area contributed by atoms with Gasteiger partial charge in [0.2, 0.25) is 6.10 Å². The molecule has 2 atom stereocenters. The van der Waals surface area contributed by atoms with Crippen molar-refractivity contribution in [1.82, 2.24) is 4.90 Å². The van der Waals surface area contributed by atoms with Crippen LogP contribution in [0.15, 0.2) is 42.5 Å². The van der Waals surface area contributed by atoms with Gasteiger partial charge in [-0.2, -0.15) is 0 Å². The average Bonchev–Trinajstić information content (AvgIpc) is 2.66. The fourth-order valence-corrected chi connectivity index (χ4v) is 3.45. The molecule has 2 aliphatic heterocycles. The number of aromatic carboxylic acids is 1. The van der Waals surface area contributed by atoms with Gasteiger partial charge in [0, 0.05) is 13.1 Å². The quantitative estimate of drug-likeness (QED) is 0.898. The Labute approximate surface area is 151 Å². The zero-order chi connectivity index (χ0) is 18.3. The molecular formula is C20H19NO5. The number of fused-ring (bicyclic) bond motifs is 2. The summed E-state index contributed by atoms with van der Waals surface area (Å²) < 4.78 is 11.7. The summed E-state index contributed by atoms with van der Waals surface area (Å²) in [6, 6.07) is 12.4. The number of carbonyl (C=O) groups is 2. The lowest BCUT2D eigenvalue weighted by molar-refractivity contribution is -0.145. The molecule has 2 heterocycles. The van der Waals surface area contributed by atoms with E-state index in [4.69, 9.17) is 9.47 Å². The standard InChI is InChI=1S/C20H19NO5/c1-12-18(26-17-5-3-2-4-16(17)25-12)19(22)21-9-8-13-6-7-14(20(23)24)10-15(13)11-21/h2-7,10,12,18H,8-9,11H2,1H3,(H,23,24). The fourth-order valence-electron chi connectivity index (χ4n) is 3.45. The van der Waals surface area contributed by atoms with Crippen molar-refractivity contribution in [2.45, 2.75) is 32.1 Å². The number of rotatable bonds is 2. The van der Waals surface area contributed by atoms with Gasteiger partial charge < -0.3 is 19.5 Å². The van der Waals surface area contributed by atoms with Crippen LogP contribution in [0.1, 0.15) is 28.4 Å². The van der Waals surface area contributed by atoms with E-state index in [0.29, 0.717) is 31.0 Å². The summed E-state index contributed by atoms with van der Waals surface area (Å²) in [5.41, 5.74) is 2.19. The van der Waals surface area contributed by atoms with E-state index >= 15 is 0 Å². The molecule has 4 rings (SSSR count). The van der Waals surface area contributed by atoms with Gasteiger partial charge in [-0.25, -0.2) is 4.79 Å². The first-order valence-corrected chi connectivity index (χ1v) is 8.59. The van der Waals surface area contributed by atoms with Crippen LogP contribution in [0.5, 0.6) is 11.5 Å².